The van der Waals surface area contributed by atoms with Crippen LogP contribution >= 0.6 is 0 Å². The van der Waals surface area contributed by atoms with Gasteiger partial charge in [0.05, 0.1) is 60.5 Å². The Morgan fingerprint density at radius 3 is 1.41 bits per heavy atom. The van der Waals surface area contributed by atoms with Crippen molar-refractivity contribution in [1.29, 1.82) is 0 Å². The topological polar surface area (TPSA) is 411 Å². The van der Waals surface area contributed by atoms with Crippen molar-refractivity contribution in [3.8, 4) is 28.7 Å². The molecule has 1 atom stereocenters. The molecule has 4 rings (SSSR count). The van der Waals surface area contributed by atoms with Gasteiger partial charge in [-0.1, -0.05) is 24.3 Å². The first-order chi connectivity index (χ1) is 39.2. The minimum atomic E-state index is -0.236. The van der Waals surface area contributed by atoms with Crippen LogP contribution in [0.25, 0.3) is 0 Å². The van der Waals surface area contributed by atoms with Gasteiger partial charge >= 0.3 is 0 Å². The molecule has 1 unspecified atom stereocenters. The first-order valence-electron chi connectivity index (χ1n) is 27.6. The van der Waals surface area contributed by atoms with Crippen LogP contribution in [0.4, 0.5) is 0 Å². The van der Waals surface area contributed by atoms with E-state index in [-0.39, 0.29) is 25.8 Å². The highest BCUT2D eigenvalue weighted by molar-refractivity contribution is 5.43. The molecule has 0 aromatic heterocycles. The maximum atomic E-state index is 7.99. The highest BCUT2D eigenvalue weighted by Gasteiger charge is 2.12. The van der Waals surface area contributed by atoms with Gasteiger partial charge in [-0.2, -0.15) is 0 Å². The molecule has 1 aliphatic heterocycles. The van der Waals surface area contributed by atoms with E-state index < -0.39 is 0 Å². The lowest BCUT2D eigenvalue weighted by Crippen LogP contribution is -2.26. The van der Waals surface area contributed by atoms with Gasteiger partial charge in [-0.15, -0.1) is 0 Å². The number of ether oxygens (including phenoxy) is 12. The standard InChI is InChI=1S/2C10H15NO2.C8H11NO.C6H15NO2.C5H11NO.C5H13NO.C4H11NO2.C4H11NO.C3H9NO.C2H7NO/c1-12-9-3-4-10(13-2)8(7-9)5-6-11;1-12-9-4-3-8(5-6-11)7-10(9)13-2;9-6-7-10-8-4-2-1-3-5-8;1-3-8-6(5-7)9-4-2;6-4-5-2-1-3-7-5;1-5(2)7-4-3-6;1-6-4(3-5)7-2;1-2-6-4-3-5;4-2-1-3-5;3-1-2-4/h2*3-4,7H,5-6,11H2,1-2H3;1-5H,6-7,9H2;6H,3-5,7H2,1-2H3;5H,1-4,6H2;5H,3-4,6H2,1-2H3;4H,3,5H2,1-2H3;2-5H2,1H3;5H,1-4H2;4H,1-3H2. The van der Waals surface area contributed by atoms with Crippen LogP contribution in [-0.2, 0) is 46.0 Å². The Kier molecular flexibility index (Phi) is 80.4. The summed E-state index contributed by atoms with van der Waals surface area (Å²) in [5.74, 6) is 4.10. The molecule has 1 heterocycles. The first-order valence-corrected chi connectivity index (χ1v) is 27.6. The summed E-state index contributed by atoms with van der Waals surface area (Å²) in [7, 11) is 9.67. The fourth-order valence-electron chi connectivity index (χ4n) is 5.43. The van der Waals surface area contributed by atoms with Crippen molar-refractivity contribution in [2.24, 2.45) is 57.3 Å². The van der Waals surface area contributed by atoms with Crippen molar-refractivity contribution in [2.75, 3.05) is 168 Å². The number of methoxy groups -OCH3 is 6. The highest BCUT2D eigenvalue weighted by Crippen LogP contribution is 2.27. The molecule has 0 amide bonds. The summed E-state index contributed by atoms with van der Waals surface area (Å²) in [5, 5.41) is 15.7. The molecule has 81 heavy (non-hydrogen) atoms. The molecular formula is C57H118N10O14. The van der Waals surface area contributed by atoms with Crippen molar-refractivity contribution < 1.29 is 67.1 Å². The van der Waals surface area contributed by atoms with Gasteiger partial charge < -0.3 is 124 Å². The monoisotopic (exact) mass is 1170 g/mol. The number of aliphatic hydroxyl groups is 2. The van der Waals surface area contributed by atoms with Gasteiger partial charge in [-0.3, -0.25) is 0 Å². The Bertz CT molecular complexity index is 1590. The van der Waals surface area contributed by atoms with E-state index in [4.69, 9.17) is 124 Å². The zero-order valence-electron chi connectivity index (χ0n) is 51.7. The second kappa shape index (κ2) is 73.9. The van der Waals surface area contributed by atoms with Gasteiger partial charge in [-0.25, -0.2) is 0 Å². The number of rotatable bonds is 29. The predicted octanol–water partition coefficient (Wildman–Crippen LogP) is 2.08. The van der Waals surface area contributed by atoms with Crippen LogP contribution in [0.5, 0.6) is 28.7 Å². The number of para-hydroxylation sites is 1. The molecular weight excluding hydrogens is 1050 g/mol. The van der Waals surface area contributed by atoms with E-state index >= 15 is 0 Å². The Balaban J connectivity index is -0.000000197. The number of hydrogen-bond acceptors (Lipinski definition) is 24. The molecule has 0 aliphatic carbocycles. The third kappa shape index (κ3) is 63.3. The third-order valence-corrected chi connectivity index (χ3v) is 9.34. The van der Waals surface area contributed by atoms with Crippen molar-refractivity contribution >= 4 is 0 Å². The molecule has 1 aliphatic rings. The molecule has 1 saturated heterocycles. The van der Waals surface area contributed by atoms with Gasteiger partial charge in [0.25, 0.3) is 0 Å². The van der Waals surface area contributed by atoms with Crippen LogP contribution in [-0.4, -0.2) is 203 Å². The zero-order chi connectivity index (χ0) is 62.6. The van der Waals surface area contributed by atoms with Crippen LogP contribution in [0.1, 0.15) is 65.0 Å². The first kappa shape index (κ1) is 88.1. The normalized spacial score (nSPS) is 11.5. The maximum Gasteiger partial charge on any atom is 0.169 e. The molecule has 480 valence electrons. The van der Waals surface area contributed by atoms with E-state index in [9.17, 15) is 0 Å². The number of aliphatic hydroxyl groups excluding tert-OH is 2. The molecule has 22 N–H and O–H groups in total. The van der Waals surface area contributed by atoms with E-state index in [2.05, 4.69) is 0 Å². The smallest absolute Gasteiger partial charge is 0.169 e. The number of hydrogen-bond donors (Lipinski definition) is 12. The predicted molar refractivity (Wildman–Crippen MR) is 329 cm³/mol. The van der Waals surface area contributed by atoms with E-state index in [1.807, 2.05) is 101 Å². The van der Waals surface area contributed by atoms with Crippen LogP contribution < -0.4 is 81.0 Å². The summed E-state index contributed by atoms with van der Waals surface area (Å²) < 4.78 is 60.5. The Morgan fingerprint density at radius 1 is 0.531 bits per heavy atom. The van der Waals surface area contributed by atoms with Gasteiger partial charge in [0.2, 0.25) is 0 Å². The molecule has 24 nitrogen and oxygen atoms in total. The quantitative estimate of drug-likeness (QED) is 0.0350. The molecule has 0 radical (unpaired) electrons. The van der Waals surface area contributed by atoms with E-state index in [0.29, 0.717) is 111 Å². The van der Waals surface area contributed by atoms with Crippen LogP contribution in [0.2, 0.25) is 0 Å². The average Bonchev–Trinajstić information content (AvgIpc) is 4.05. The molecule has 0 spiro atoms. The molecule has 24 heteroatoms. The van der Waals surface area contributed by atoms with Crippen molar-refractivity contribution in [3.63, 3.8) is 0 Å². The highest BCUT2D eigenvalue weighted by atomic mass is 16.7. The lowest BCUT2D eigenvalue weighted by molar-refractivity contribution is -0.128. The van der Waals surface area contributed by atoms with Gasteiger partial charge in [0.1, 0.15) is 23.9 Å². The Morgan fingerprint density at radius 2 is 1.09 bits per heavy atom. The number of nitrogens with two attached hydrogens (primary N) is 10. The van der Waals surface area contributed by atoms with Crippen molar-refractivity contribution in [1.82, 2.24) is 0 Å². The molecule has 3 aromatic rings. The van der Waals surface area contributed by atoms with Gasteiger partial charge in [0, 0.05) is 93.1 Å². The van der Waals surface area contributed by atoms with Crippen LogP contribution in [0, 0.1) is 0 Å². The summed E-state index contributed by atoms with van der Waals surface area (Å²) >= 11 is 0. The summed E-state index contributed by atoms with van der Waals surface area (Å²) in [4.78, 5) is 0. The van der Waals surface area contributed by atoms with E-state index in [1.165, 1.54) is 12.0 Å². The minimum Gasteiger partial charge on any atom is -0.497 e. The van der Waals surface area contributed by atoms with Gasteiger partial charge in [0.15, 0.2) is 24.1 Å². The molecule has 3 aromatic carbocycles. The fraction of sp³-hybridized carbons (Fsp3) is 0.684. The average molecular weight is 1170 g/mol. The minimum absolute atomic E-state index is 0.0972. The summed E-state index contributed by atoms with van der Waals surface area (Å²) in [5.41, 5.74) is 54.2. The fourth-order valence-corrected chi connectivity index (χ4v) is 5.43. The van der Waals surface area contributed by atoms with E-state index in [0.717, 1.165) is 73.2 Å². The van der Waals surface area contributed by atoms with E-state index in [1.54, 1.807) is 42.7 Å². The molecule has 1 fully saturated rings. The largest absolute Gasteiger partial charge is 0.497 e. The van der Waals surface area contributed by atoms with Crippen LogP contribution in [0.3, 0.4) is 0 Å². The van der Waals surface area contributed by atoms with Crippen molar-refractivity contribution in [2.45, 2.75) is 91.5 Å². The molecule has 0 bridgehead atoms. The van der Waals surface area contributed by atoms with Gasteiger partial charge in [-0.05, 0) is 140 Å². The molecule has 0 saturated carbocycles. The third-order valence-electron chi connectivity index (χ3n) is 9.34. The second-order valence-corrected chi connectivity index (χ2v) is 16.0. The van der Waals surface area contributed by atoms with Crippen molar-refractivity contribution in [3.05, 3.63) is 77.9 Å². The Labute approximate surface area is 488 Å². The van der Waals surface area contributed by atoms with Crippen LogP contribution in [0.15, 0.2) is 66.7 Å². The second-order valence-electron chi connectivity index (χ2n) is 16.0. The summed E-state index contributed by atoms with van der Waals surface area (Å²) in [6, 6.07) is 21.2. The maximum absolute atomic E-state index is 7.99. The zero-order valence-corrected chi connectivity index (χ0v) is 51.7. The number of benzene rings is 3. The SMILES string of the molecule is CC(C)OCCN.CCOC(CN)OCC.CCOCCN.COC(CN)OC.COc1ccc(CCN)cc1OC.COc1ccc(OC)c(CCN)c1.NCC1CCCO1.NCCCO.NCCO.NCCOc1ccccc1. The lowest BCUT2D eigenvalue weighted by atomic mass is 10.1. The lowest BCUT2D eigenvalue weighted by Gasteiger charge is -2.13. The summed E-state index contributed by atoms with van der Waals surface area (Å²) in [6.45, 7) is 20.6. The summed E-state index contributed by atoms with van der Waals surface area (Å²) in [6.07, 6.45) is 5.00. The Hall–Kier alpha value is -4.10.